The van der Waals surface area contributed by atoms with E-state index in [9.17, 15) is 0 Å². The van der Waals surface area contributed by atoms with Gasteiger partial charge in [-0.05, 0) is 69.4 Å². The highest BCUT2D eigenvalue weighted by atomic mass is 16.5. The molecule has 0 N–H and O–H groups in total. The molecule has 0 saturated carbocycles. The molecule has 1 aliphatic rings. The molecule has 0 unspecified atom stereocenters. The van der Waals surface area contributed by atoms with Gasteiger partial charge in [-0.25, -0.2) is 0 Å². The average Bonchev–Trinajstić information content (AvgIpc) is 2.38. The minimum Gasteiger partial charge on any atom is -0.497 e. The molecule has 1 aromatic carbocycles. The highest BCUT2D eigenvalue weighted by Gasteiger charge is 2.16. The van der Waals surface area contributed by atoms with Gasteiger partial charge >= 0.3 is 0 Å². The summed E-state index contributed by atoms with van der Waals surface area (Å²) in [6.07, 6.45) is 5.23. The van der Waals surface area contributed by atoms with E-state index in [0.29, 0.717) is 0 Å². The van der Waals surface area contributed by atoms with Gasteiger partial charge in [0.05, 0.1) is 7.11 Å². The maximum absolute atomic E-state index is 5.25. The molecule has 2 nitrogen and oxygen atoms in total. The van der Waals surface area contributed by atoms with E-state index in [1.165, 1.54) is 44.3 Å². The predicted octanol–water partition coefficient (Wildman–Crippen LogP) is 2.97. The number of methoxy groups -OCH3 is 1. The number of likely N-dealkylation sites (tertiary alicyclic amines) is 1. The first-order valence-corrected chi connectivity index (χ1v) is 6.59. The Morgan fingerprint density at radius 1 is 1.29 bits per heavy atom. The van der Waals surface area contributed by atoms with E-state index in [-0.39, 0.29) is 0 Å². The lowest BCUT2D eigenvalue weighted by molar-refractivity contribution is 0.212. The second kappa shape index (κ2) is 6.06. The SMILES string of the molecule is COc1cccc(CCC2CCN(C)CC2)c1. The van der Waals surface area contributed by atoms with Crippen molar-refractivity contribution >= 4 is 0 Å². The van der Waals surface area contributed by atoms with E-state index in [2.05, 4.69) is 30.1 Å². The molecule has 17 heavy (non-hydrogen) atoms. The van der Waals surface area contributed by atoms with Gasteiger partial charge in [0.25, 0.3) is 0 Å². The zero-order valence-corrected chi connectivity index (χ0v) is 11.0. The summed E-state index contributed by atoms with van der Waals surface area (Å²) >= 11 is 0. The Morgan fingerprint density at radius 3 is 2.76 bits per heavy atom. The Labute approximate surface area is 105 Å². The van der Waals surface area contributed by atoms with Crippen LogP contribution in [0.3, 0.4) is 0 Å². The Morgan fingerprint density at radius 2 is 2.06 bits per heavy atom. The van der Waals surface area contributed by atoms with Crippen LogP contribution in [0.4, 0.5) is 0 Å². The number of benzene rings is 1. The Balaban J connectivity index is 1.81. The summed E-state index contributed by atoms with van der Waals surface area (Å²) < 4.78 is 5.25. The standard InChI is InChI=1S/C15H23NO/c1-16-10-8-13(9-11-16)6-7-14-4-3-5-15(12-14)17-2/h3-5,12-13H,6-11H2,1-2H3. The summed E-state index contributed by atoms with van der Waals surface area (Å²) in [5.41, 5.74) is 1.41. The third-order valence-corrected chi connectivity index (χ3v) is 3.81. The fourth-order valence-electron chi connectivity index (χ4n) is 2.55. The van der Waals surface area contributed by atoms with Crippen LogP contribution in [-0.4, -0.2) is 32.1 Å². The number of hydrogen-bond donors (Lipinski definition) is 0. The van der Waals surface area contributed by atoms with Crippen molar-refractivity contribution in [1.29, 1.82) is 0 Å². The van der Waals surface area contributed by atoms with Crippen LogP contribution >= 0.6 is 0 Å². The highest BCUT2D eigenvalue weighted by Crippen LogP contribution is 2.22. The van der Waals surface area contributed by atoms with E-state index in [4.69, 9.17) is 4.74 Å². The molecule has 1 aliphatic heterocycles. The Bertz CT molecular complexity index is 343. The zero-order chi connectivity index (χ0) is 12.1. The molecule has 0 bridgehead atoms. The lowest BCUT2D eigenvalue weighted by Gasteiger charge is -2.28. The summed E-state index contributed by atoms with van der Waals surface area (Å²) in [4.78, 5) is 2.43. The largest absolute Gasteiger partial charge is 0.497 e. The van der Waals surface area contributed by atoms with Crippen molar-refractivity contribution in [3.63, 3.8) is 0 Å². The van der Waals surface area contributed by atoms with Crippen LogP contribution in [0, 0.1) is 5.92 Å². The molecule has 0 radical (unpaired) electrons. The summed E-state index contributed by atoms with van der Waals surface area (Å²) in [7, 11) is 3.95. The van der Waals surface area contributed by atoms with Gasteiger partial charge in [-0.1, -0.05) is 12.1 Å². The summed E-state index contributed by atoms with van der Waals surface area (Å²) in [5.74, 6) is 1.89. The van der Waals surface area contributed by atoms with Crippen molar-refractivity contribution in [3.05, 3.63) is 29.8 Å². The van der Waals surface area contributed by atoms with Gasteiger partial charge < -0.3 is 9.64 Å². The minimum atomic E-state index is 0.914. The van der Waals surface area contributed by atoms with Crippen LogP contribution in [-0.2, 0) is 6.42 Å². The number of hydrogen-bond acceptors (Lipinski definition) is 2. The molecule has 1 heterocycles. The maximum Gasteiger partial charge on any atom is 0.119 e. The summed E-state index contributed by atoms with van der Waals surface area (Å²) in [6, 6.07) is 8.47. The molecule has 2 rings (SSSR count). The van der Waals surface area contributed by atoms with Gasteiger partial charge in [0.2, 0.25) is 0 Å². The molecule has 1 saturated heterocycles. The van der Waals surface area contributed by atoms with Gasteiger partial charge in [-0.3, -0.25) is 0 Å². The van der Waals surface area contributed by atoms with Crippen molar-refractivity contribution in [2.45, 2.75) is 25.7 Å². The number of aryl methyl sites for hydroxylation is 1. The van der Waals surface area contributed by atoms with E-state index in [0.717, 1.165) is 11.7 Å². The molecule has 1 fully saturated rings. The zero-order valence-electron chi connectivity index (χ0n) is 11.0. The van der Waals surface area contributed by atoms with Gasteiger partial charge in [-0.15, -0.1) is 0 Å². The molecule has 2 heteroatoms. The average molecular weight is 233 g/mol. The molecule has 0 spiro atoms. The fourth-order valence-corrected chi connectivity index (χ4v) is 2.55. The smallest absolute Gasteiger partial charge is 0.119 e. The third-order valence-electron chi connectivity index (χ3n) is 3.81. The molecular formula is C15H23NO. The first kappa shape index (κ1) is 12.4. The molecule has 0 amide bonds. The number of ether oxygens (including phenoxy) is 1. The topological polar surface area (TPSA) is 12.5 Å². The number of rotatable bonds is 4. The van der Waals surface area contributed by atoms with Crippen molar-refractivity contribution in [1.82, 2.24) is 4.90 Å². The lowest BCUT2D eigenvalue weighted by Crippen LogP contribution is -2.30. The van der Waals surface area contributed by atoms with Gasteiger partial charge in [0, 0.05) is 0 Å². The van der Waals surface area contributed by atoms with Crippen LogP contribution in [0.15, 0.2) is 24.3 Å². The predicted molar refractivity (Wildman–Crippen MR) is 71.5 cm³/mol. The van der Waals surface area contributed by atoms with E-state index < -0.39 is 0 Å². The number of piperidine rings is 1. The van der Waals surface area contributed by atoms with Crippen molar-refractivity contribution in [3.8, 4) is 5.75 Å². The summed E-state index contributed by atoms with van der Waals surface area (Å²) in [6.45, 7) is 2.53. The Kier molecular flexibility index (Phi) is 4.43. The molecular weight excluding hydrogens is 210 g/mol. The monoisotopic (exact) mass is 233 g/mol. The maximum atomic E-state index is 5.25. The molecule has 0 aliphatic carbocycles. The van der Waals surface area contributed by atoms with E-state index in [1.54, 1.807) is 7.11 Å². The van der Waals surface area contributed by atoms with Crippen LogP contribution < -0.4 is 4.74 Å². The number of nitrogens with zero attached hydrogens (tertiary/aromatic N) is 1. The van der Waals surface area contributed by atoms with Crippen molar-refractivity contribution in [2.24, 2.45) is 5.92 Å². The van der Waals surface area contributed by atoms with Crippen LogP contribution in [0.5, 0.6) is 5.75 Å². The van der Waals surface area contributed by atoms with Crippen LogP contribution in [0.25, 0.3) is 0 Å². The van der Waals surface area contributed by atoms with Crippen LogP contribution in [0.2, 0.25) is 0 Å². The second-order valence-electron chi connectivity index (χ2n) is 5.14. The first-order valence-electron chi connectivity index (χ1n) is 6.59. The molecule has 0 aromatic heterocycles. The van der Waals surface area contributed by atoms with Crippen molar-refractivity contribution in [2.75, 3.05) is 27.2 Å². The Hall–Kier alpha value is -1.02. The molecule has 0 atom stereocenters. The van der Waals surface area contributed by atoms with E-state index >= 15 is 0 Å². The van der Waals surface area contributed by atoms with Gasteiger partial charge in [0.1, 0.15) is 5.75 Å². The van der Waals surface area contributed by atoms with Crippen molar-refractivity contribution < 1.29 is 4.74 Å². The van der Waals surface area contributed by atoms with E-state index in [1.807, 2.05) is 6.07 Å². The van der Waals surface area contributed by atoms with Gasteiger partial charge in [-0.2, -0.15) is 0 Å². The third kappa shape index (κ3) is 3.74. The van der Waals surface area contributed by atoms with Crippen LogP contribution in [0.1, 0.15) is 24.8 Å². The molecule has 1 aromatic rings. The van der Waals surface area contributed by atoms with Gasteiger partial charge in [0.15, 0.2) is 0 Å². The second-order valence-corrected chi connectivity index (χ2v) is 5.14. The fraction of sp³-hybridized carbons (Fsp3) is 0.600. The summed E-state index contributed by atoms with van der Waals surface area (Å²) in [5, 5.41) is 0. The lowest BCUT2D eigenvalue weighted by atomic mass is 9.91. The first-order chi connectivity index (χ1) is 8.28. The minimum absolute atomic E-state index is 0.914. The quantitative estimate of drug-likeness (QED) is 0.792. The highest BCUT2D eigenvalue weighted by molar-refractivity contribution is 5.28. The normalized spacial score (nSPS) is 18.2. The molecule has 94 valence electrons.